The van der Waals surface area contributed by atoms with Crippen molar-refractivity contribution in [1.29, 1.82) is 0 Å². The quantitative estimate of drug-likeness (QED) is 0.643. The fraction of sp³-hybridized carbons (Fsp3) is 0.273. The van der Waals surface area contributed by atoms with Crippen LogP contribution in [0.2, 0.25) is 0 Å². The van der Waals surface area contributed by atoms with Crippen molar-refractivity contribution in [1.82, 2.24) is 10.9 Å². The van der Waals surface area contributed by atoms with Crippen molar-refractivity contribution in [2.75, 3.05) is 6.61 Å². The number of hydrogen-bond donors (Lipinski definition) is 2. The summed E-state index contributed by atoms with van der Waals surface area (Å²) in [7, 11) is 0. The Morgan fingerprint density at radius 1 is 1.00 bits per heavy atom. The molecule has 0 radical (unpaired) electrons. The number of benzene rings is 2. The molecule has 0 aliphatic heterocycles. The van der Waals surface area contributed by atoms with Crippen LogP contribution < -0.4 is 15.6 Å². The van der Waals surface area contributed by atoms with Crippen LogP contribution in [0.25, 0.3) is 11.0 Å². The van der Waals surface area contributed by atoms with Gasteiger partial charge in [-0.2, -0.15) is 0 Å². The van der Waals surface area contributed by atoms with E-state index in [-0.39, 0.29) is 18.9 Å². The van der Waals surface area contributed by atoms with Crippen molar-refractivity contribution in [2.24, 2.45) is 0 Å². The lowest BCUT2D eigenvalue weighted by Gasteiger charge is -2.09. The van der Waals surface area contributed by atoms with Crippen LogP contribution in [-0.4, -0.2) is 18.4 Å². The Labute approximate surface area is 163 Å². The number of aryl methyl sites for hydroxylation is 3. The second kappa shape index (κ2) is 8.61. The summed E-state index contributed by atoms with van der Waals surface area (Å²) < 4.78 is 11.0. The van der Waals surface area contributed by atoms with Crippen molar-refractivity contribution in [2.45, 2.75) is 33.6 Å². The predicted molar refractivity (Wildman–Crippen MR) is 107 cm³/mol. The summed E-state index contributed by atoms with van der Waals surface area (Å²) in [4.78, 5) is 24.0. The molecule has 1 heterocycles. The third-order valence-corrected chi connectivity index (χ3v) is 4.39. The van der Waals surface area contributed by atoms with Gasteiger partial charge in [0.15, 0.2) is 6.61 Å². The number of nitrogens with one attached hydrogen (secondary N) is 2. The number of fused-ring (bicyclic) bond motifs is 1. The van der Waals surface area contributed by atoms with E-state index in [0.717, 1.165) is 34.1 Å². The van der Waals surface area contributed by atoms with Gasteiger partial charge in [-0.3, -0.25) is 20.4 Å². The van der Waals surface area contributed by atoms with Crippen LogP contribution in [0.5, 0.6) is 5.75 Å². The summed E-state index contributed by atoms with van der Waals surface area (Å²) in [5.41, 5.74) is 9.59. The molecule has 6 heteroatoms. The van der Waals surface area contributed by atoms with E-state index in [1.165, 1.54) is 5.56 Å². The van der Waals surface area contributed by atoms with Gasteiger partial charge in [-0.05, 0) is 55.2 Å². The third-order valence-electron chi connectivity index (χ3n) is 4.39. The standard InChI is InChI=1S/C22H24N2O4/c1-4-16-5-6-19-17(12-28-20(19)10-16)11-21(25)23-24-22(26)13-27-18-8-14(2)7-15(3)9-18/h5-10,12H,4,11,13H2,1-3H3,(H,23,25)(H,24,26). The van der Waals surface area contributed by atoms with Gasteiger partial charge in [0.1, 0.15) is 11.3 Å². The van der Waals surface area contributed by atoms with Crippen molar-refractivity contribution in [3.05, 3.63) is 64.9 Å². The number of ether oxygens (including phenoxy) is 1. The van der Waals surface area contributed by atoms with Gasteiger partial charge in [0.05, 0.1) is 12.7 Å². The Hall–Kier alpha value is -3.28. The topological polar surface area (TPSA) is 80.6 Å². The van der Waals surface area contributed by atoms with E-state index in [2.05, 4.69) is 17.8 Å². The molecule has 0 aliphatic carbocycles. The van der Waals surface area contributed by atoms with Crippen molar-refractivity contribution in [3.63, 3.8) is 0 Å². The third kappa shape index (κ3) is 4.91. The van der Waals surface area contributed by atoms with Gasteiger partial charge in [-0.25, -0.2) is 0 Å². The van der Waals surface area contributed by atoms with Gasteiger partial charge >= 0.3 is 0 Å². The second-order valence-corrected chi connectivity index (χ2v) is 6.83. The second-order valence-electron chi connectivity index (χ2n) is 6.83. The van der Waals surface area contributed by atoms with Crippen LogP contribution in [0.4, 0.5) is 0 Å². The monoisotopic (exact) mass is 380 g/mol. The van der Waals surface area contributed by atoms with Gasteiger partial charge in [0.25, 0.3) is 5.91 Å². The fourth-order valence-electron chi connectivity index (χ4n) is 3.04. The van der Waals surface area contributed by atoms with Gasteiger partial charge in [0, 0.05) is 10.9 Å². The zero-order valence-electron chi connectivity index (χ0n) is 16.3. The molecule has 28 heavy (non-hydrogen) atoms. The lowest BCUT2D eigenvalue weighted by molar-refractivity contribution is -0.129. The number of hydrogen-bond acceptors (Lipinski definition) is 4. The van der Waals surface area contributed by atoms with Gasteiger partial charge in [-0.15, -0.1) is 0 Å². The van der Waals surface area contributed by atoms with E-state index in [9.17, 15) is 9.59 Å². The highest BCUT2D eigenvalue weighted by atomic mass is 16.5. The summed E-state index contributed by atoms with van der Waals surface area (Å²) >= 11 is 0. The minimum absolute atomic E-state index is 0.108. The Kier molecular flexibility index (Phi) is 5.99. The molecule has 2 amide bonds. The first kappa shape index (κ1) is 19.5. The molecule has 0 atom stereocenters. The average molecular weight is 380 g/mol. The van der Waals surface area contributed by atoms with Crippen molar-refractivity contribution < 1.29 is 18.7 Å². The molecule has 2 aromatic carbocycles. The number of carbonyl (C=O) groups is 2. The average Bonchev–Trinajstić information content (AvgIpc) is 3.05. The van der Waals surface area contributed by atoms with E-state index in [1.807, 2.05) is 50.2 Å². The molecule has 0 saturated carbocycles. The van der Waals surface area contributed by atoms with Crippen molar-refractivity contribution >= 4 is 22.8 Å². The first-order valence-electron chi connectivity index (χ1n) is 9.22. The first-order valence-corrected chi connectivity index (χ1v) is 9.22. The van der Waals surface area contributed by atoms with Crippen LogP contribution in [0.3, 0.4) is 0 Å². The van der Waals surface area contributed by atoms with E-state index in [4.69, 9.17) is 9.15 Å². The minimum atomic E-state index is -0.433. The van der Waals surface area contributed by atoms with Crippen molar-refractivity contribution in [3.8, 4) is 5.75 Å². The summed E-state index contributed by atoms with van der Waals surface area (Å²) in [5.74, 6) is -0.144. The van der Waals surface area contributed by atoms with Crippen LogP contribution in [0, 0.1) is 13.8 Å². The fourth-order valence-corrected chi connectivity index (χ4v) is 3.04. The zero-order valence-corrected chi connectivity index (χ0v) is 16.3. The largest absolute Gasteiger partial charge is 0.484 e. The molecule has 3 aromatic rings. The lowest BCUT2D eigenvalue weighted by Crippen LogP contribution is -2.44. The molecular formula is C22H24N2O4. The molecule has 1 aromatic heterocycles. The van der Waals surface area contributed by atoms with Gasteiger partial charge in [0.2, 0.25) is 5.91 Å². The molecule has 0 saturated heterocycles. The highest BCUT2D eigenvalue weighted by molar-refractivity contribution is 5.89. The van der Waals surface area contributed by atoms with E-state index in [0.29, 0.717) is 5.75 Å². The molecule has 0 spiro atoms. The van der Waals surface area contributed by atoms with Crippen LogP contribution in [-0.2, 0) is 22.4 Å². The minimum Gasteiger partial charge on any atom is -0.484 e. The number of hydrazine groups is 1. The summed E-state index contributed by atoms with van der Waals surface area (Å²) in [5, 5.41) is 0.900. The Morgan fingerprint density at radius 2 is 1.71 bits per heavy atom. The maximum absolute atomic E-state index is 12.1. The zero-order chi connectivity index (χ0) is 20.1. The number of rotatable bonds is 6. The molecule has 3 rings (SSSR count). The Bertz CT molecular complexity index is 987. The maximum Gasteiger partial charge on any atom is 0.276 e. The van der Waals surface area contributed by atoms with E-state index >= 15 is 0 Å². The van der Waals surface area contributed by atoms with Gasteiger partial charge < -0.3 is 9.15 Å². The highest BCUT2D eigenvalue weighted by Crippen LogP contribution is 2.23. The van der Waals surface area contributed by atoms with Crippen LogP contribution >= 0.6 is 0 Å². The predicted octanol–water partition coefficient (Wildman–Crippen LogP) is 3.38. The lowest BCUT2D eigenvalue weighted by atomic mass is 10.1. The SMILES string of the molecule is CCc1ccc2c(CC(=O)NNC(=O)COc3cc(C)cc(C)c3)coc2c1. The van der Waals surface area contributed by atoms with E-state index in [1.54, 1.807) is 6.26 Å². The first-order chi connectivity index (χ1) is 13.4. The number of amides is 2. The van der Waals surface area contributed by atoms with Crippen LogP contribution in [0.1, 0.15) is 29.2 Å². The molecule has 0 unspecified atom stereocenters. The molecule has 6 nitrogen and oxygen atoms in total. The van der Waals surface area contributed by atoms with Crippen LogP contribution in [0.15, 0.2) is 47.1 Å². The summed E-state index contributed by atoms with van der Waals surface area (Å²) in [6.45, 7) is 5.81. The molecule has 0 fully saturated rings. The Balaban J connectivity index is 1.49. The van der Waals surface area contributed by atoms with Gasteiger partial charge in [-0.1, -0.05) is 25.1 Å². The molecule has 0 bridgehead atoms. The van der Waals surface area contributed by atoms with E-state index < -0.39 is 5.91 Å². The molecule has 0 aliphatic rings. The molecular weight excluding hydrogens is 356 g/mol. The highest BCUT2D eigenvalue weighted by Gasteiger charge is 2.12. The normalized spacial score (nSPS) is 10.7. The molecule has 2 N–H and O–H groups in total. The summed E-state index contributed by atoms with van der Waals surface area (Å²) in [6, 6.07) is 11.7. The summed E-state index contributed by atoms with van der Waals surface area (Å²) in [6.07, 6.45) is 2.61. The maximum atomic E-state index is 12.1. The smallest absolute Gasteiger partial charge is 0.276 e. The Morgan fingerprint density at radius 3 is 2.43 bits per heavy atom. The number of furan rings is 1. The molecule has 146 valence electrons. The number of carbonyl (C=O) groups excluding carboxylic acids is 2.